The Hall–Kier alpha value is -1.54. The Morgan fingerprint density at radius 1 is 1.32 bits per heavy atom. The number of halogens is 2. The highest BCUT2D eigenvalue weighted by atomic mass is 32.2. The SMILES string of the molecule is CS(=O)(=O)NCCC(=O)N1CCC[C@@H](CCc2c(F)cccc2F)C1. The minimum Gasteiger partial charge on any atom is -0.342 e. The molecule has 0 radical (unpaired) electrons. The van der Waals surface area contributed by atoms with Crippen LogP contribution in [0.25, 0.3) is 0 Å². The van der Waals surface area contributed by atoms with Gasteiger partial charge in [0, 0.05) is 31.6 Å². The molecule has 1 fully saturated rings. The molecule has 2 rings (SSSR count). The van der Waals surface area contributed by atoms with E-state index in [1.54, 1.807) is 4.90 Å². The zero-order valence-electron chi connectivity index (χ0n) is 14.3. The molecule has 1 aromatic carbocycles. The Bertz CT molecular complexity index is 690. The quantitative estimate of drug-likeness (QED) is 0.795. The molecule has 0 bridgehead atoms. The third-order valence-electron chi connectivity index (χ3n) is 4.44. The highest BCUT2D eigenvalue weighted by Crippen LogP contribution is 2.23. The number of sulfonamides is 1. The van der Waals surface area contributed by atoms with Gasteiger partial charge in [0.15, 0.2) is 0 Å². The lowest BCUT2D eigenvalue weighted by molar-refractivity contribution is -0.132. The minimum atomic E-state index is -3.30. The summed E-state index contributed by atoms with van der Waals surface area (Å²) < 4.78 is 51.7. The Kier molecular flexibility index (Phi) is 6.89. The highest BCUT2D eigenvalue weighted by Gasteiger charge is 2.24. The minimum absolute atomic E-state index is 0.0826. The third-order valence-corrected chi connectivity index (χ3v) is 5.17. The molecule has 1 aliphatic rings. The van der Waals surface area contributed by atoms with Crippen LogP contribution in [-0.2, 0) is 21.2 Å². The van der Waals surface area contributed by atoms with Crippen LogP contribution in [0.4, 0.5) is 8.78 Å². The predicted octanol–water partition coefficient (Wildman–Crippen LogP) is 2.08. The summed E-state index contributed by atoms with van der Waals surface area (Å²) in [6.45, 7) is 1.27. The number of carbonyl (C=O) groups is 1. The summed E-state index contributed by atoms with van der Waals surface area (Å²) in [5.74, 6) is -0.969. The summed E-state index contributed by atoms with van der Waals surface area (Å²) in [5, 5.41) is 0. The number of likely N-dealkylation sites (tertiary alicyclic amines) is 1. The maximum absolute atomic E-state index is 13.7. The standard InChI is InChI=1S/C17H24F2N2O3S/c1-25(23,24)20-10-9-17(22)21-11-3-4-13(12-21)7-8-14-15(18)5-2-6-16(14)19/h2,5-6,13,20H,3-4,7-12H2,1H3/t13-/m0/s1. The highest BCUT2D eigenvalue weighted by molar-refractivity contribution is 7.88. The number of benzene rings is 1. The van der Waals surface area contributed by atoms with Crippen molar-refractivity contribution in [1.29, 1.82) is 0 Å². The van der Waals surface area contributed by atoms with E-state index in [0.29, 0.717) is 25.9 Å². The van der Waals surface area contributed by atoms with Crippen molar-refractivity contribution in [2.24, 2.45) is 5.92 Å². The number of hydrogen-bond acceptors (Lipinski definition) is 3. The normalized spacial score (nSPS) is 18.4. The first-order chi connectivity index (χ1) is 11.8. The molecule has 5 nitrogen and oxygen atoms in total. The number of hydrogen-bond donors (Lipinski definition) is 1. The molecule has 0 spiro atoms. The molecule has 1 amide bonds. The second kappa shape index (κ2) is 8.71. The lowest BCUT2D eigenvalue weighted by atomic mass is 9.91. The fourth-order valence-corrected chi connectivity index (χ4v) is 3.62. The lowest BCUT2D eigenvalue weighted by Crippen LogP contribution is -2.41. The average Bonchev–Trinajstić information content (AvgIpc) is 2.53. The molecule has 1 N–H and O–H groups in total. The van der Waals surface area contributed by atoms with E-state index in [0.717, 1.165) is 19.1 Å². The zero-order valence-corrected chi connectivity index (χ0v) is 15.1. The van der Waals surface area contributed by atoms with E-state index in [1.807, 2.05) is 0 Å². The van der Waals surface area contributed by atoms with Gasteiger partial charge in [0.2, 0.25) is 15.9 Å². The fraction of sp³-hybridized carbons (Fsp3) is 0.588. The second-order valence-electron chi connectivity index (χ2n) is 6.50. The van der Waals surface area contributed by atoms with E-state index in [2.05, 4.69) is 4.72 Å². The van der Waals surface area contributed by atoms with Crippen LogP contribution < -0.4 is 4.72 Å². The topological polar surface area (TPSA) is 66.5 Å². The second-order valence-corrected chi connectivity index (χ2v) is 8.34. The summed E-state index contributed by atoms with van der Waals surface area (Å²) >= 11 is 0. The van der Waals surface area contributed by atoms with Gasteiger partial charge in [-0.2, -0.15) is 0 Å². The Morgan fingerprint density at radius 3 is 2.64 bits per heavy atom. The third kappa shape index (κ3) is 6.36. The van der Waals surface area contributed by atoms with Crippen molar-refractivity contribution >= 4 is 15.9 Å². The van der Waals surface area contributed by atoms with Gasteiger partial charge < -0.3 is 4.90 Å². The van der Waals surface area contributed by atoms with Crippen LogP contribution >= 0.6 is 0 Å². The maximum atomic E-state index is 13.7. The first-order valence-electron chi connectivity index (χ1n) is 8.41. The molecule has 0 saturated carbocycles. The molecule has 0 aliphatic carbocycles. The van der Waals surface area contributed by atoms with E-state index in [-0.39, 0.29) is 30.4 Å². The Balaban J connectivity index is 1.83. The van der Waals surface area contributed by atoms with Gasteiger partial charge >= 0.3 is 0 Å². The molecule has 0 aromatic heterocycles. The van der Waals surface area contributed by atoms with E-state index in [1.165, 1.54) is 18.2 Å². The first-order valence-corrected chi connectivity index (χ1v) is 10.3. The van der Waals surface area contributed by atoms with Crippen LogP contribution in [0, 0.1) is 17.6 Å². The van der Waals surface area contributed by atoms with Crippen LogP contribution in [-0.4, -0.2) is 45.1 Å². The molecule has 1 saturated heterocycles. The van der Waals surface area contributed by atoms with E-state index >= 15 is 0 Å². The van der Waals surface area contributed by atoms with Gasteiger partial charge in [-0.25, -0.2) is 21.9 Å². The van der Waals surface area contributed by atoms with E-state index < -0.39 is 21.7 Å². The van der Waals surface area contributed by atoms with Gasteiger partial charge in [0.05, 0.1) is 6.26 Å². The van der Waals surface area contributed by atoms with Crippen molar-refractivity contribution in [3.8, 4) is 0 Å². The predicted molar refractivity (Wildman–Crippen MR) is 91.4 cm³/mol. The van der Waals surface area contributed by atoms with Crippen molar-refractivity contribution in [3.05, 3.63) is 35.4 Å². The summed E-state index contributed by atoms with van der Waals surface area (Å²) in [5.41, 5.74) is 0.100. The van der Waals surface area contributed by atoms with Crippen molar-refractivity contribution in [2.75, 3.05) is 25.9 Å². The number of amides is 1. The molecule has 0 unspecified atom stereocenters. The number of nitrogens with zero attached hydrogens (tertiary/aromatic N) is 1. The number of piperidine rings is 1. The molecular weight excluding hydrogens is 350 g/mol. The van der Waals surface area contributed by atoms with Crippen LogP contribution in [0.2, 0.25) is 0 Å². The van der Waals surface area contributed by atoms with Gasteiger partial charge in [-0.05, 0) is 43.7 Å². The number of nitrogens with one attached hydrogen (secondary N) is 1. The molecule has 1 aromatic rings. The molecule has 8 heteroatoms. The Morgan fingerprint density at radius 2 is 2.00 bits per heavy atom. The van der Waals surface area contributed by atoms with Crippen LogP contribution in [0.1, 0.15) is 31.2 Å². The molecule has 140 valence electrons. The number of rotatable bonds is 7. The van der Waals surface area contributed by atoms with E-state index in [4.69, 9.17) is 0 Å². The van der Waals surface area contributed by atoms with Crippen molar-refractivity contribution in [1.82, 2.24) is 9.62 Å². The monoisotopic (exact) mass is 374 g/mol. The van der Waals surface area contributed by atoms with Gasteiger partial charge in [0.25, 0.3) is 0 Å². The Labute approximate surface area is 147 Å². The first kappa shape index (κ1) is 19.8. The summed E-state index contributed by atoms with van der Waals surface area (Å²) in [7, 11) is -3.30. The fourth-order valence-electron chi connectivity index (χ4n) is 3.15. The van der Waals surface area contributed by atoms with Crippen molar-refractivity contribution in [2.45, 2.75) is 32.1 Å². The molecule has 1 aliphatic heterocycles. The molecule has 1 atom stereocenters. The summed E-state index contributed by atoms with van der Waals surface area (Å²) in [4.78, 5) is 13.9. The summed E-state index contributed by atoms with van der Waals surface area (Å²) in [6.07, 6.45) is 3.85. The van der Waals surface area contributed by atoms with Crippen molar-refractivity contribution < 1.29 is 22.0 Å². The van der Waals surface area contributed by atoms with Gasteiger partial charge in [0.1, 0.15) is 11.6 Å². The van der Waals surface area contributed by atoms with Crippen LogP contribution in [0.5, 0.6) is 0 Å². The number of carbonyl (C=O) groups excluding carboxylic acids is 1. The smallest absolute Gasteiger partial charge is 0.223 e. The average molecular weight is 374 g/mol. The molecule has 25 heavy (non-hydrogen) atoms. The zero-order chi connectivity index (χ0) is 18.4. The van der Waals surface area contributed by atoms with Crippen LogP contribution in [0.3, 0.4) is 0 Å². The maximum Gasteiger partial charge on any atom is 0.223 e. The summed E-state index contributed by atoms with van der Waals surface area (Å²) in [6, 6.07) is 3.85. The van der Waals surface area contributed by atoms with Crippen LogP contribution in [0.15, 0.2) is 18.2 Å². The molecule has 1 heterocycles. The van der Waals surface area contributed by atoms with Gasteiger partial charge in [-0.15, -0.1) is 0 Å². The van der Waals surface area contributed by atoms with Gasteiger partial charge in [-0.3, -0.25) is 4.79 Å². The van der Waals surface area contributed by atoms with E-state index in [9.17, 15) is 22.0 Å². The van der Waals surface area contributed by atoms with Crippen molar-refractivity contribution in [3.63, 3.8) is 0 Å². The van der Waals surface area contributed by atoms with Gasteiger partial charge in [-0.1, -0.05) is 6.07 Å². The largest absolute Gasteiger partial charge is 0.342 e. The molecular formula is C17H24F2N2O3S. The lowest BCUT2D eigenvalue weighted by Gasteiger charge is -2.33.